The number of urea groups is 1. The first kappa shape index (κ1) is 25.4. The number of hydrogen-bond donors (Lipinski definition) is 0. The Morgan fingerprint density at radius 1 is 1.00 bits per heavy atom. The van der Waals surface area contributed by atoms with Gasteiger partial charge in [0.15, 0.2) is 11.5 Å². The summed E-state index contributed by atoms with van der Waals surface area (Å²) in [7, 11) is 3.24. The molecule has 1 fully saturated rings. The number of nitrogens with zero attached hydrogens (tertiary/aromatic N) is 7. The zero-order valence-corrected chi connectivity index (χ0v) is 22.4. The summed E-state index contributed by atoms with van der Waals surface area (Å²) < 4.78 is 11.0. The van der Waals surface area contributed by atoms with Crippen LogP contribution in [-0.2, 0) is 6.54 Å². The van der Waals surface area contributed by atoms with Crippen molar-refractivity contribution in [3.05, 3.63) is 72.3 Å². The molecule has 0 spiro atoms. The van der Waals surface area contributed by atoms with Crippen LogP contribution in [0.2, 0.25) is 0 Å². The average Bonchev–Trinajstić information content (AvgIpc) is 3.01. The molecule has 2 aromatic carbocycles. The first-order valence-electron chi connectivity index (χ1n) is 13.2. The number of nitriles is 1. The van der Waals surface area contributed by atoms with Crippen molar-refractivity contribution in [1.29, 1.82) is 5.26 Å². The number of pyridine rings is 1. The van der Waals surface area contributed by atoms with Crippen molar-refractivity contribution in [2.24, 2.45) is 5.92 Å². The van der Waals surface area contributed by atoms with Gasteiger partial charge in [-0.3, -0.25) is 4.90 Å². The predicted molar refractivity (Wildman–Crippen MR) is 151 cm³/mol. The summed E-state index contributed by atoms with van der Waals surface area (Å²) in [5.41, 5.74) is 3.65. The Kier molecular flexibility index (Phi) is 6.78. The topological polar surface area (TPSA) is 108 Å². The van der Waals surface area contributed by atoms with Crippen LogP contribution in [0.3, 0.4) is 0 Å². The Morgan fingerprint density at radius 3 is 2.55 bits per heavy atom. The summed E-state index contributed by atoms with van der Waals surface area (Å²) in [4.78, 5) is 32.8. The molecule has 10 nitrogen and oxygen atoms in total. The second-order valence-corrected chi connectivity index (χ2v) is 9.99. The van der Waals surface area contributed by atoms with Crippen molar-refractivity contribution >= 4 is 34.1 Å². The summed E-state index contributed by atoms with van der Waals surface area (Å²) in [6, 6.07) is 17.2. The number of carbonyl (C=O) groups is 1. The second-order valence-electron chi connectivity index (χ2n) is 9.99. The molecule has 0 radical (unpaired) electrons. The van der Waals surface area contributed by atoms with Crippen LogP contribution in [0.1, 0.15) is 24.1 Å². The molecular formula is C30H29N7O3. The van der Waals surface area contributed by atoms with Gasteiger partial charge in [0.25, 0.3) is 0 Å². The molecule has 10 heteroatoms. The van der Waals surface area contributed by atoms with Gasteiger partial charge in [0.05, 0.1) is 31.1 Å². The zero-order chi connectivity index (χ0) is 27.6. The summed E-state index contributed by atoms with van der Waals surface area (Å²) in [6.45, 7) is 2.86. The van der Waals surface area contributed by atoms with Gasteiger partial charge in [0.1, 0.15) is 23.9 Å². The molecule has 4 heterocycles. The summed E-state index contributed by atoms with van der Waals surface area (Å²) in [5, 5.41) is 10.3. The van der Waals surface area contributed by atoms with E-state index in [1.165, 1.54) is 0 Å². The van der Waals surface area contributed by atoms with E-state index in [2.05, 4.69) is 32.0 Å². The van der Waals surface area contributed by atoms with E-state index in [0.717, 1.165) is 53.9 Å². The Balaban J connectivity index is 1.20. The lowest BCUT2D eigenvalue weighted by molar-refractivity contribution is 0.184. The van der Waals surface area contributed by atoms with Crippen LogP contribution >= 0.6 is 0 Å². The van der Waals surface area contributed by atoms with E-state index >= 15 is 0 Å². The molecule has 4 aromatic rings. The highest BCUT2D eigenvalue weighted by Gasteiger charge is 2.34. The molecule has 2 aliphatic rings. The van der Waals surface area contributed by atoms with Crippen molar-refractivity contribution in [3.63, 3.8) is 0 Å². The van der Waals surface area contributed by atoms with Crippen molar-refractivity contribution in [3.8, 4) is 17.6 Å². The molecule has 0 unspecified atom stereocenters. The molecule has 0 aliphatic carbocycles. The molecule has 2 amide bonds. The van der Waals surface area contributed by atoms with Gasteiger partial charge in [-0.15, -0.1) is 0 Å². The molecule has 2 aliphatic heterocycles. The number of rotatable bonds is 6. The fourth-order valence-corrected chi connectivity index (χ4v) is 5.65. The maximum atomic E-state index is 13.8. The van der Waals surface area contributed by atoms with E-state index < -0.39 is 0 Å². The van der Waals surface area contributed by atoms with Gasteiger partial charge >= 0.3 is 6.03 Å². The molecule has 40 heavy (non-hydrogen) atoms. The molecule has 0 saturated carbocycles. The third-order valence-corrected chi connectivity index (χ3v) is 7.68. The fourth-order valence-electron chi connectivity index (χ4n) is 5.65. The lowest BCUT2D eigenvalue weighted by Crippen LogP contribution is -2.48. The highest BCUT2D eigenvalue weighted by Crippen LogP contribution is 2.38. The van der Waals surface area contributed by atoms with Crippen LogP contribution < -0.4 is 19.3 Å². The molecule has 202 valence electrons. The van der Waals surface area contributed by atoms with Crippen molar-refractivity contribution in [2.75, 3.05) is 43.7 Å². The first-order chi connectivity index (χ1) is 19.6. The highest BCUT2D eigenvalue weighted by atomic mass is 16.5. The van der Waals surface area contributed by atoms with E-state index in [1.54, 1.807) is 43.8 Å². The maximum Gasteiger partial charge on any atom is 0.329 e. The van der Waals surface area contributed by atoms with E-state index in [9.17, 15) is 10.1 Å². The van der Waals surface area contributed by atoms with Crippen molar-refractivity contribution in [1.82, 2.24) is 19.9 Å². The van der Waals surface area contributed by atoms with Gasteiger partial charge in [-0.1, -0.05) is 18.2 Å². The molecule has 2 aromatic heterocycles. The largest absolute Gasteiger partial charge is 0.493 e. The summed E-state index contributed by atoms with van der Waals surface area (Å²) in [6.07, 6.45) is 5.02. The third kappa shape index (κ3) is 4.60. The minimum atomic E-state index is -0.0842. The standard InChI is InChI=1S/C30H29N7O3/c1-39-27-14-24-25(15-28(27)40-2)33-19-34-29(24)35-11-8-20(9-12-35)17-36-18-21-5-3-4-6-26(21)37(30(36)38)23-7-10-32-22(13-23)16-31/h3-7,10,13-15,19-20H,8-9,11-12,17-18H2,1-2H3. The predicted octanol–water partition coefficient (Wildman–Crippen LogP) is 4.90. The third-order valence-electron chi connectivity index (χ3n) is 7.68. The second kappa shape index (κ2) is 10.7. The maximum absolute atomic E-state index is 13.8. The molecule has 0 bridgehead atoms. The minimum Gasteiger partial charge on any atom is -0.493 e. The SMILES string of the molecule is COc1cc2ncnc(N3CCC(CN4Cc5ccccc5N(c5ccnc(C#N)c5)C4=O)CC3)c2cc1OC. The lowest BCUT2D eigenvalue weighted by atomic mass is 9.95. The minimum absolute atomic E-state index is 0.0842. The highest BCUT2D eigenvalue weighted by molar-refractivity contribution is 6.01. The number of ether oxygens (including phenoxy) is 2. The molecular weight excluding hydrogens is 506 g/mol. The van der Waals surface area contributed by atoms with Gasteiger partial charge in [0, 0.05) is 43.8 Å². The first-order valence-corrected chi connectivity index (χ1v) is 13.2. The Labute approximate surface area is 232 Å². The van der Waals surface area contributed by atoms with Gasteiger partial charge in [-0.05, 0) is 48.6 Å². The van der Waals surface area contributed by atoms with Crippen LogP contribution in [-0.4, -0.2) is 59.7 Å². The Hall–Kier alpha value is -4.91. The van der Waals surface area contributed by atoms with Gasteiger partial charge in [-0.2, -0.15) is 5.26 Å². The normalized spacial score (nSPS) is 15.6. The van der Waals surface area contributed by atoms with Crippen LogP contribution in [0.4, 0.5) is 22.0 Å². The van der Waals surface area contributed by atoms with Gasteiger partial charge < -0.3 is 19.3 Å². The number of anilines is 3. The van der Waals surface area contributed by atoms with Crippen LogP contribution in [0.15, 0.2) is 61.1 Å². The van der Waals surface area contributed by atoms with E-state index in [1.807, 2.05) is 35.2 Å². The van der Waals surface area contributed by atoms with Crippen LogP contribution in [0, 0.1) is 17.2 Å². The monoisotopic (exact) mass is 535 g/mol. The van der Waals surface area contributed by atoms with Gasteiger partial charge in [-0.25, -0.2) is 19.7 Å². The number of methoxy groups -OCH3 is 2. The fraction of sp³-hybridized carbons (Fsp3) is 0.300. The number of para-hydroxylation sites is 1. The van der Waals surface area contributed by atoms with E-state index in [-0.39, 0.29) is 11.7 Å². The Morgan fingerprint density at radius 2 is 1.77 bits per heavy atom. The van der Waals surface area contributed by atoms with Crippen LogP contribution in [0.25, 0.3) is 10.9 Å². The summed E-state index contributed by atoms with van der Waals surface area (Å²) >= 11 is 0. The van der Waals surface area contributed by atoms with Crippen molar-refractivity contribution in [2.45, 2.75) is 19.4 Å². The Bertz CT molecular complexity index is 1610. The number of piperidine rings is 1. The van der Waals surface area contributed by atoms with Crippen molar-refractivity contribution < 1.29 is 14.3 Å². The molecule has 0 N–H and O–H groups in total. The van der Waals surface area contributed by atoms with Gasteiger partial charge in [0.2, 0.25) is 0 Å². The average molecular weight is 536 g/mol. The number of fused-ring (bicyclic) bond motifs is 2. The molecule has 0 atom stereocenters. The number of carbonyl (C=O) groups excluding carboxylic acids is 1. The number of hydrogen-bond acceptors (Lipinski definition) is 8. The number of amides is 2. The molecule has 1 saturated heterocycles. The smallest absolute Gasteiger partial charge is 0.329 e. The van der Waals surface area contributed by atoms with E-state index in [0.29, 0.717) is 36.2 Å². The number of aromatic nitrogens is 3. The lowest BCUT2D eigenvalue weighted by Gasteiger charge is -2.40. The van der Waals surface area contributed by atoms with Crippen LogP contribution in [0.5, 0.6) is 11.5 Å². The summed E-state index contributed by atoms with van der Waals surface area (Å²) in [5.74, 6) is 2.51. The quantitative estimate of drug-likeness (QED) is 0.343. The number of benzene rings is 2. The van der Waals surface area contributed by atoms with E-state index in [4.69, 9.17) is 9.47 Å². The zero-order valence-electron chi connectivity index (χ0n) is 22.4. The molecule has 6 rings (SSSR count).